The summed E-state index contributed by atoms with van der Waals surface area (Å²) < 4.78 is 46.7. The number of halogens is 4. The van der Waals surface area contributed by atoms with E-state index in [0.717, 1.165) is 17.7 Å². The highest BCUT2D eigenvalue weighted by Crippen LogP contribution is 2.39. The second-order valence-electron chi connectivity index (χ2n) is 6.11. The summed E-state index contributed by atoms with van der Waals surface area (Å²) in [5.74, 6) is 1.27. The van der Waals surface area contributed by atoms with Crippen LogP contribution < -0.4 is 0 Å². The lowest BCUT2D eigenvalue weighted by Crippen LogP contribution is -2.05. The van der Waals surface area contributed by atoms with Gasteiger partial charge >= 0.3 is 6.18 Å². The van der Waals surface area contributed by atoms with Gasteiger partial charge in [-0.25, -0.2) is 4.68 Å². The predicted octanol–water partition coefficient (Wildman–Crippen LogP) is 6.28. The van der Waals surface area contributed by atoms with Gasteiger partial charge in [0.2, 0.25) is 0 Å². The van der Waals surface area contributed by atoms with Gasteiger partial charge in [0.05, 0.1) is 15.7 Å². The Labute approximate surface area is 166 Å². The fourth-order valence-corrected chi connectivity index (χ4v) is 3.52. The Morgan fingerprint density at radius 1 is 0.964 bits per heavy atom. The van der Waals surface area contributed by atoms with Gasteiger partial charge in [-0.1, -0.05) is 0 Å². The standard InChI is InChI=1S/C20H13BrF3N3O/c1-12-2-7-16(28-12)19-17(21)18(13-8-10-25-11-9-13)26-27(19)15-5-3-14(4-6-15)20(22,23)24/h2-11H,1H3. The van der Waals surface area contributed by atoms with Crippen molar-refractivity contribution >= 4 is 15.9 Å². The second-order valence-corrected chi connectivity index (χ2v) is 6.91. The summed E-state index contributed by atoms with van der Waals surface area (Å²) in [6.45, 7) is 1.82. The first-order valence-corrected chi connectivity index (χ1v) is 9.07. The molecular weight excluding hydrogens is 435 g/mol. The van der Waals surface area contributed by atoms with Gasteiger partial charge in [0.25, 0.3) is 0 Å². The van der Waals surface area contributed by atoms with E-state index in [9.17, 15) is 13.2 Å². The molecule has 0 saturated heterocycles. The third-order valence-electron chi connectivity index (χ3n) is 4.19. The van der Waals surface area contributed by atoms with Crippen molar-refractivity contribution in [3.05, 3.63) is 76.7 Å². The van der Waals surface area contributed by atoms with Crippen LogP contribution in [0.15, 0.2) is 69.8 Å². The topological polar surface area (TPSA) is 43.9 Å². The normalized spacial score (nSPS) is 11.8. The van der Waals surface area contributed by atoms with Crippen molar-refractivity contribution in [1.82, 2.24) is 14.8 Å². The molecule has 0 unspecified atom stereocenters. The van der Waals surface area contributed by atoms with Crippen molar-refractivity contribution in [2.45, 2.75) is 13.1 Å². The van der Waals surface area contributed by atoms with Crippen LogP contribution in [0.25, 0.3) is 28.4 Å². The van der Waals surface area contributed by atoms with E-state index in [2.05, 4.69) is 26.0 Å². The third kappa shape index (κ3) is 3.35. The molecule has 0 amide bonds. The molecule has 0 aliphatic rings. The van der Waals surface area contributed by atoms with Gasteiger partial charge in [0.1, 0.15) is 17.1 Å². The molecule has 142 valence electrons. The average Bonchev–Trinajstić information content (AvgIpc) is 3.25. The summed E-state index contributed by atoms with van der Waals surface area (Å²) in [5.41, 5.74) is 1.83. The lowest BCUT2D eigenvalue weighted by molar-refractivity contribution is -0.137. The van der Waals surface area contributed by atoms with Crippen molar-refractivity contribution in [3.8, 4) is 28.4 Å². The molecule has 0 saturated carbocycles. The molecule has 3 aromatic heterocycles. The minimum Gasteiger partial charge on any atom is -0.460 e. The van der Waals surface area contributed by atoms with Crippen LogP contribution >= 0.6 is 15.9 Å². The summed E-state index contributed by atoms with van der Waals surface area (Å²) in [7, 11) is 0. The van der Waals surface area contributed by atoms with Gasteiger partial charge in [-0.2, -0.15) is 18.3 Å². The molecule has 4 aromatic rings. The van der Waals surface area contributed by atoms with Crippen molar-refractivity contribution < 1.29 is 17.6 Å². The van der Waals surface area contributed by atoms with E-state index in [1.54, 1.807) is 35.3 Å². The highest BCUT2D eigenvalue weighted by atomic mass is 79.9. The zero-order chi connectivity index (χ0) is 19.9. The first kappa shape index (κ1) is 18.5. The van der Waals surface area contributed by atoms with Crippen LogP contribution in [0.3, 0.4) is 0 Å². The lowest BCUT2D eigenvalue weighted by atomic mass is 10.2. The molecule has 0 bridgehead atoms. The fourth-order valence-electron chi connectivity index (χ4n) is 2.85. The van der Waals surface area contributed by atoms with Gasteiger partial charge in [-0.3, -0.25) is 4.98 Å². The summed E-state index contributed by atoms with van der Waals surface area (Å²) >= 11 is 3.58. The van der Waals surface area contributed by atoms with Crippen LogP contribution in [-0.4, -0.2) is 14.8 Å². The number of hydrogen-bond donors (Lipinski definition) is 0. The van der Waals surface area contributed by atoms with E-state index < -0.39 is 11.7 Å². The molecule has 0 radical (unpaired) electrons. The van der Waals surface area contributed by atoms with Crippen molar-refractivity contribution in [2.24, 2.45) is 0 Å². The number of hydrogen-bond acceptors (Lipinski definition) is 3. The maximum atomic E-state index is 12.9. The van der Waals surface area contributed by atoms with Crippen molar-refractivity contribution in [3.63, 3.8) is 0 Å². The Morgan fingerprint density at radius 3 is 2.21 bits per heavy atom. The van der Waals surface area contributed by atoms with E-state index in [1.807, 2.05) is 13.0 Å². The molecule has 4 rings (SSSR count). The van der Waals surface area contributed by atoms with E-state index in [0.29, 0.717) is 33.1 Å². The number of aryl methyl sites for hydroxylation is 1. The third-order valence-corrected chi connectivity index (χ3v) is 4.95. The van der Waals surface area contributed by atoms with Crippen LogP contribution in [0.4, 0.5) is 13.2 Å². The SMILES string of the molecule is Cc1ccc(-c2c(Br)c(-c3ccncc3)nn2-c2ccc(C(F)(F)F)cc2)o1. The first-order chi connectivity index (χ1) is 13.3. The van der Waals surface area contributed by atoms with Crippen LogP contribution in [-0.2, 0) is 6.18 Å². The Balaban J connectivity index is 1.91. The van der Waals surface area contributed by atoms with Crippen molar-refractivity contribution in [1.29, 1.82) is 0 Å². The van der Waals surface area contributed by atoms with Gasteiger partial charge in [0, 0.05) is 18.0 Å². The number of nitrogens with zero attached hydrogens (tertiary/aromatic N) is 3. The van der Waals surface area contributed by atoms with E-state index >= 15 is 0 Å². The Bertz CT molecular complexity index is 1120. The number of alkyl halides is 3. The molecule has 0 atom stereocenters. The number of benzene rings is 1. The number of aromatic nitrogens is 3. The summed E-state index contributed by atoms with van der Waals surface area (Å²) in [6.07, 6.45) is -1.10. The Hall–Kier alpha value is -2.87. The van der Waals surface area contributed by atoms with E-state index in [1.165, 1.54) is 12.1 Å². The van der Waals surface area contributed by atoms with Crippen LogP contribution in [0.1, 0.15) is 11.3 Å². The van der Waals surface area contributed by atoms with E-state index in [4.69, 9.17) is 4.42 Å². The largest absolute Gasteiger partial charge is 0.460 e. The predicted molar refractivity (Wildman–Crippen MR) is 102 cm³/mol. The molecule has 1 aromatic carbocycles. The number of pyridine rings is 1. The maximum absolute atomic E-state index is 12.9. The highest BCUT2D eigenvalue weighted by molar-refractivity contribution is 9.10. The molecule has 3 heterocycles. The number of furan rings is 1. The monoisotopic (exact) mass is 447 g/mol. The minimum atomic E-state index is -4.40. The number of rotatable bonds is 3. The lowest BCUT2D eigenvalue weighted by Gasteiger charge is -2.09. The molecule has 0 aliphatic heterocycles. The summed E-state index contributed by atoms with van der Waals surface area (Å²) in [6, 6.07) is 12.1. The fraction of sp³-hybridized carbons (Fsp3) is 0.100. The zero-order valence-electron chi connectivity index (χ0n) is 14.5. The summed E-state index contributed by atoms with van der Waals surface area (Å²) in [5, 5.41) is 4.63. The van der Waals surface area contributed by atoms with Crippen molar-refractivity contribution in [2.75, 3.05) is 0 Å². The molecule has 0 fully saturated rings. The summed E-state index contributed by atoms with van der Waals surface area (Å²) in [4.78, 5) is 4.01. The molecule has 0 aliphatic carbocycles. The van der Waals surface area contributed by atoms with Gasteiger partial charge in [-0.15, -0.1) is 0 Å². The molecule has 0 spiro atoms. The molecule has 8 heteroatoms. The Morgan fingerprint density at radius 2 is 1.64 bits per heavy atom. The molecular formula is C20H13BrF3N3O. The van der Waals surface area contributed by atoms with Gasteiger partial charge in [0.15, 0.2) is 5.76 Å². The highest BCUT2D eigenvalue weighted by Gasteiger charge is 2.30. The maximum Gasteiger partial charge on any atom is 0.416 e. The Kier molecular flexibility index (Phi) is 4.58. The van der Waals surface area contributed by atoms with Crippen LogP contribution in [0.2, 0.25) is 0 Å². The smallest absolute Gasteiger partial charge is 0.416 e. The van der Waals surface area contributed by atoms with Crippen LogP contribution in [0.5, 0.6) is 0 Å². The average molecular weight is 448 g/mol. The minimum absolute atomic E-state index is 0.484. The zero-order valence-corrected chi connectivity index (χ0v) is 16.1. The molecule has 4 nitrogen and oxygen atoms in total. The second kappa shape index (κ2) is 6.94. The van der Waals surface area contributed by atoms with Gasteiger partial charge in [-0.05, 0) is 71.4 Å². The molecule has 0 N–H and O–H groups in total. The molecule has 28 heavy (non-hydrogen) atoms. The first-order valence-electron chi connectivity index (χ1n) is 8.28. The van der Waals surface area contributed by atoms with Crippen LogP contribution in [0, 0.1) is 6.92 Å². The van der Waals surface area contributed by atoms with Gasteiger partial charge < -0.3 is 4.42 Å². The quantitative estimate of drug-likeness (QED) is 0.370. The van der Waals surface area contributed by atoms with E-state index in [-0.39, 0.29) is 0 Å².